The summed E-state index contributed by atoms with van der Waals surface area (Å²) in [6, 6.07) is 20.1. The number of fused-ring (bicyclic) bond motifs is 1. The third kappa shape index (κ3) is 4.12. The van der Waals surface area contributed by atoms with Gasteiger partial charge in [0.2, 0.25) is 27.6 Å². The third-order valence-corrected chi connectivity index (χ3v) is 7.64. The van der Waals surface area contributed by atoms with E-state index in [1.165, 1.54) is 4.31 Å². The molecule has 0 bridgehead atoms. The molecule has 1 amide bonds. The van der Waals surface area contributed by atoms with Gasteiger partial charge in [0.1, 0.15) is 0 Å². The van der Waals surface area contributed by atoms with E-state index in [9.17, 15) is 13.2 Å². The molecule has 0 atom stereocenters. The Hall–Kier alpha value is -3.56. The summed E-state index contributed by atoms with van der Waals surface area (Å²) in [5, 5.41) is 5.44. The number of benzene rings is 3. The SMILES string of the molecule is Cc1nc(-c2cccc(CN3CCN(S(=O)(=O)c4cccc5ccccc45)CC3=O)c2)no1. The molecule has 0 aliphatic carbocycles. The van der Waals surface area contributed by atoms with E-state index in [0.29, 0.717) is 30.2 Å². The first-order valence-corrected chi connectivity index (χ1v) is 12.0. The molecule has 5 rings (SSSR count). The van der Waals surface area contributed by atoms with Gasteiger partial charge < -0.3 is 9.42 Å². The number of piperazine rings is 1. The summed E-state index contributed by atoms with van der Waals surface area (Å²) in [5.74, 6) is 0.742. The van der Waals surface area contributed by atoms with E-state index in [1.807, 2.05) is 48.5 Å². The maximum absolute atomic E-state index is 13.3. The second kappa shape index (κ2) is 8.42. The Balaban J connectivity index is 1.33. The summed E-state index contributed by atoms with van der Waals surface area (Å²) < 4.78 is 33.0. The highest BCUT2D eigenvalue weighted by molar-refractivity contribution is 7.89. The lowest BCUT2D eigenvalue weighted by Crippen LogP contribution is -2.51. The molecule has 0 N–H and O–H groups in total. The molecule has 3 aromatic carbocycles. The Bertz CT molecular complexity index is 1440. The largest absolute Gasteiger partial charge is 0.339 e. The van der Waals surface area contributed by atoms with Crippen molar-refractivity contribution in [3.63, 3.8) is 0 Å². The van der Waals surface area contributed by atoms with Gasteiger partial charge in [0, 0.05) is 37.5 Å². The van der Waals surface area contributed by atoms with E-state index < -0.39 is 10.0 Å². The molecular formula is C24H22N4O4S. The van der Waals surface area contributed by atoms with Crippen LogP contribution in [-0.4, -0.2) is 53.3 Å². The number of amides is 1. The molecule has 1 aliphatic heterocycles. The molecular weight excluding hydrogens is 440 g/mol. The Morgan fingerprint density at radius 1 is 1.00 bits per heavy atom. The van der Waals surface area contributed by atoms with E-state index >= 15 is 0 Å². The van der Waals surface area contributed by atoms with E-state index in [2.05, 4.69) is 10.1 Å². The zero-order chi connectivity index (χ0) is 23.0. The second-order valence-corrected chi connectivity index (χ2v) is 9.87. The molecule has 2 heterocycles. The lowest BCUT2D eigenvalue weighted by molar-refractivity contribution is -0.134. The number of aryl methyl sites for hydroxylation is 1. The Labute approximate surface area is 191 Å². The molecule has 4 aromatic rings. The Morgan fingerprint density at radius 2 is 1.79 bits per heavy atom. The van der Waals surface area contributed by atoms with Crippen molar-refractivity contribution < 1.29 is 17.7 Å². The third-order valence-electron chi connectivity index (χ3n) is 5.74. The number of nitrogens with zero attached hydrogens (tertiary/aromatic N) is 4. The topological polar surface area (TPSA) is 96.6 Å². The quantitative estimate of drug-likeness (QED) is 0.452. The fraction of sp³-hybridized carbons (Fsp3) is 0.208. The average Bonchev–Trinajstić information content (AvgIpc) is 3.26. The highest BCUT2D eigenvalue weighted by Gasteiger charge is 2.33. The predicted octanol–water partition coefficient (Wildman–Crippen LogP) is 3.23. The zero-order valence-electron chi connectivity index (χ0n) is 18.0. The van der Waals surface area contributed by atoms with Crippen LogP contribution in [0, 0.1) is 6.92 Å². The van der Waals surface area contributed by atoms with Crippen LogP contribution in [0.2, 0.25) is 0 Å². The minimum absolute atomic E-state index is 0.185. The van der Waals surface area contributed by atoms with Crippen molar-refractivity contribution in [2.45, 2.75) is 18.4 Å². The van der Waals surface area contributed by atoms with Crippen molar-refractivity contribution in [1.29, 1.82) is 0 Å². The normalized spacial score (nSPS) is 15.3. The summed E-state index contributed by atoms with van der Waals surface area (Å²) in [6.45, 7) is 2.47. The highest BCUT2D eigenvalue weighted by Crippen LogP contribution is 2.27. The van der Waals surface area contributed by atoms with Gasteiger partial charge in [0.25, 0.3) is 0 Å². The van der Waals surface area contributed by atoms with Gasteiger partial charge in [-0.2, -0.15) is 9.29 Å². The van der Waals surface area contributed by atoms with E-state index in [-0.39, 0.29) is 23.9 Å². The Morgan fingerprint density at radius 3 is 2.58 bits per heavy atom. The van der Waals surface area contributed by atoms with Gasteiger partial charge in [0.05, 0.1) is 11.4 Å². The number of hydrogen-bond donors (Lipinski definition) is 0. The first-order chi connectivity index (χ1) is 15.9. The number of carbonyl (C=O) groups excluding carboxylic acids is 1. The van der Waals surface area contributed by atoms with E-state index in [4.69, 9.17) is 4.52 Å². The molecule has 0 spiro atoms. The second-order valence-electron chi connectivity index (χ2n) is 7.97. The van der Waals surface area contributed by atoms with Gasteiger partial charge in [-0.05, 0) is 23.1 Å². The molecule has 0 radical (unpaired) electrons. The van der Waals surface area contributed by atoms with Crippen molar-refractivity contribution in [3.8, 4) is 11.4 Å². The first kappa shape index (κ1) is 21.3. The van der Waals surface area contributed by atoms with Crippen LogP contribution < -0.4 is 0 Å². The van der Waals surface area contributed by atoms with Crippen molar-refractivity contribution in [2.75, 3.05) is 19.6 Å². The van der Waals surface area contributed by atoms with Crippen molar-refractivity contribution in [3.05, 3.63) is 78.2 Å². The maximum atomic E-state index is 13.3. The van der Waals surface area contributed by atoms with Gasteiger partial charge >= 0.3 is 0 Å². The van der Waals surface area contributed by atoms with Crippen molar-refractivity contribution in [2.24, 2.45) is 0 Å². The molecule has 1 saturated heterocycles. The van der Waals surface area contributed by atoms with Crippen molar-refractivity contribution in [1.82, 2.24) is 19.3 Å². The van der Waals surface area contributed by atoms with Crippen LogP contribution in [0.4, 0.5) is 0 Å². The number of hydrogen-bond acceptors (Lipinski definition) is 6. The molecule has 1 aliphatic rings. The molecule has 33 heavy (non-hydrogen) atoms. The zero-order valence-corrected chi connectivity index (χ0v) is 18.8. The van der Waals surface area contributed by atoms with Gasteiger partial charge in [0.15, 0.2) is 0 Å². The summed E-state index contributed by atoms with van der Waals surface area (Å²) in [7, 11) is -3.80. The molecule has 0 saturated carbocycles. The molecule has 0 unspecified atom stereocenters. The molecule has 8 nitrogen and oxygen atoms in total. The number of sulfonamides is 1. The monoisotopic (exact) mass is 462 g/mol. The standard InChI is InChI=1S/C24H22N4O4S/c1-17-25-24(26-32-17)20-9-4-6-18(14-20)15-27-12-13-28(16-23(27)29)33(30,31)22-11-5-8-19-7-2-3-10-21(19)22/h2-11,14H,12-13,15-16H2,1H3. The van der Waals surface area contributed by atoms with Crippen LogP contribution in [0.1, 0.15) is 11.5 Å². The number of rotatable bonds is 5. The van der Waals surface area contributed by atoms with Gasteiger partial charge in [-0.1, -0.05) is 59.8 Å². The first-order valence-electron chi connectivity index (χ1n) is 10.6. The molecule has 1 aromatic heterocycles. The summed E-state index contributed by atoms with van der Waals surface area (Å²) in [5.41, 5.74) is 1.71. The van der Waals surface area contributed by atoms with E-state index in [0.717, 1.165) is 16.5 Å². The van der Waals surface area contributed by atoms with Crippen LogP contribution in [0.25, 0.3) is 22.2 Å². The minimum Gasteiger partial charge on any atom is -0.339 e. The predicted molar refractivity (Wildman–Crippen MR) is 123 cm³/mol. The van der Waals surface area contributed by atoms with Crippen LogP contribution in [-0.2, 0) is 21.4 Å². The van der Waals surface area contributed by atoms with Crippen LogP contribution in [0.15, 0.2) is 76.1 Å². The van der Waals surface area contributed by atoms with Crippen LogP contribution >= 0.6 is 0 Å². The number of aromatic nitrogens is 2. The summed E-state index contributed by atoms with van der Waals surface area (Å²) in [4.78, 5) is 19.0. The molecule has 9 heteroatoms. The van der Waals surface area contributed by atoms with Gasteiger partial charge in [-0.25, -0.2) is 8.42 Å². The van der Waals surface area contributed by atoms with Gasteiger partial charge in [-0.15, -0.1) is 0 Å². The Kier molecular flexibility index (Phi) is 5.43. The smallest absolute Gasteiger partial charge is 0.244 e. The lowest BCUT2D eigenvalue weighted by atomic mass is 10.1. The highest BCUT2D eigenvalue weighted by atomic mass is 32.2. The lowest BCUT2D eigenvalue weighted by Gasteiger charge is -2.34. The van der Waals surface area contributed by atoms with Crippen LogP contribution in [0.3, 0.4) is 0 Å². The summed E-state index contributed by atoms with van der Waals surface area (Å²) in [6.07, 6.45) is 0. The molecule has 168 valence electrons. The minimum atomic E-state index is -3.80. The van der Waals surface area contributed by atoms with E-state index in [1.54, 1.807) is 30.0 Å². The fourth-order valence-corrected chi connectivity index (χ4v) is 5.66. The summed E-state index contributed by atoms with van der Waals surface area (Å²) >= 11 is 0. The maximum Gasteiger partial charge on any atom is 0.244 e. The van der Waals surface area contributed by atoms with Gasteiger partial charge in [-0.3, -0.25) is 4.79 Å². The average molecular weight is 463 g/mol. The van der Waals surface area contributed by atoms with Crippen molar-refractivity contribution >= 4 is 26.7 Å². The molecule has 1 fully saturated rings. The fourth-order valence-electron chi connectivity index (χ4n) is 4.06. The number of carbonyl (C=O) groups is 1. The van der Waals surface area contributed by atoms with Crippen LogP contribution in [0.5, 0.6) is 0 Å².